The fraction of sp³-hybridized carbons (Fsp3) is 0.435. The lowest BCUT2D eigenvalue weighted by molar-refractivity contribution is -0.141. The number of aliphatic hydroxyl groups is 1. The summed E-state index contributed by atoms with van der Waals surface area (Å²) >= 11 is 1.45. The number of nitrogens with one attached hydrogen (secondary N) is 1. The standard InChI is InChI=1S/C23H25F3N4OS/c1-14-9-15(11-16(10-14)29-20-27-8-5-18(30-20)23(24,25)26)17-12-28-19(32-17)22(31)7-4-6-21(2,3)13-22/h5,8-12,31H,4,6-7,13H2,1-3H3,(H,27,29,30)/t22-/m0/s1. The smallest absolute Gasteiger partial charge is 0.383 e. The Balaban J connectivity index is 1.60. The number of nitrogens with zero attached hydrogens (tertiary/aromatic N) is 3. The molecule has 32 heavy (non-hydrogen) atoms. The zero-order valence-electron chi connectivity index (χ0n) is 18.1. The second kappa shape index (κ2) is 8.12. The first-order chi connectivity index (χ1) is 14.9. The molecule has 0 unspecified atom stereocenters. The van der Waals surface area contributed by atoms with Crippen LogP contribution in [0.3, 0.4) is 0 Å². The average molecular weight is 463 g/mol. The number of aryl methyl sites for hydroxylation is 1. The Hall–Kier alpha value is -2.52. The molecule has 0 aliphatic heterocycles. The Kier molecular flexibility index (Phi) is 5.75. The highest BCUT2D eigenvalue weighted by atomic mass is 32.1. The summed E-state index contributed by atoms with van der Waals surface area (Å²) in [5.41, 5.74) is 0.489. The average Bonchev–Trinajstić information content (AvgIpc) is 3.17. The van der Waals surface area contributed by atoms with Crippen molar-refractivity contribution in [1.82, 2.24) is 15.0 Å². The number of alkyl halides is 3. The topological polar surface area (TPSA) is 70.9 Å². The van der Waals surface area contributed by atoms with Crippen LogP contribution in [0.2, 0.25) is 0 Å². The Labute approximate surface area is 188 Å². The van der Waals surface area contributed by atoms with Gasteiger partial charge >= 0.3 is 6.18 Å². The Morgan fingerprint density at radius 2 is 1.91 bits per heavy atom. The van der Waals surface area contributed by atoms with E-state index in [-0.39, 0.29) is 11.4 Å². The highest BCUT2D eigenvalue weighted by Gasteiger charge is 2.41. The minimum absolute atomic E-state index is 0.0597. The lowest BCUT2D eigenvalue weighted by Gasteiger charge is -2.40. The van der Waals surface area contributed by atoms with Gasteiger partial charge in [-0.3, -0.25) is 0 Å². The van der Waals surface area contributed by atoms with E-state index >= 15 is 0 Å². The molecule has 2 N–H and O–H groups in total. The highest BCUT2D eigenvalue weighted by molar-refractivity contribution is 7.15. The van der Waals surface area contributed by atoms with E-state index in [0.717, 1.165) is 41.1 Å². The minimum atomic E-state index is -4.54. The number of benzene rings is 1. The Morgan fingerprint density at radius 3 is 2.62 bits per heavy atom. The first-order valence-electron chi connectivity index (χ1n) is 10.4. The van der Waals surface area contributed by atoms with Crippen LogP contribution in [0.1, 0.15) is 55.8 Å². The van der Waals surface area contributed by atoms with Crippen molar-refractivity contribution in [3.8, 4) is 10.4 Å². The second-order valence-corrected chi connectivity index (χ2v) is 10.3. The van der Waals surface area contributed by atoms with Gasteiger partial charge in [0.25, 0.3) is 0 Å². The molecule has 2 aromatic heterocycles. The quantitative estimate of drug-likeness (QED) is 0.466. The molecule has 2 heterocycles. The van der Waals surface area contributed by atoms with Gasteiger partial charge in [-0.25, -0.2) is 15.0 Å². The number of hydrogen-bond donors (Lipinski definition) is 2. The molecule has 1 aliphatic rings. The maximum atomic E-state index is 12.9. The lowest BCUT2D eigenvalue weighted by Crippen LogP contribution is -2.36. The number of aromatic nitrogens is 3. The van der Waals surface area contributed by atoms with Crippen molar-refractivity contribution >= 4 is 23.0 Å². The van der Waals surface area contributed by atoms with E-state index in [1.54, 1.807) is 6.20 Å². The molecule has 1 saturated carbocycles. The molecule has 1 fully saturated rings. The molecule has 0 spiro atoms. The largest absolute Gasteiger partial charge is 0.433 e. The van der Waals surface area contributed by atoms with E-state index in [1.165, 1.54) is 11.3 Å². The summed E-state index contributed by atoms with van der Waals surface area (Å²) in [5.74, 6) is -0.125. The Bertz CT molecular complexity index is 1130. The number of halogens is 3. The van der Waals surface area contributed by atoms with E-state index < -0.39 is 17.5 Å². The van der Waals surface area contributed by atoms with Gasteiger partial charge in [0.1, 0.15) is 16.3 Å². The van der Waals surface area contributed by atoms with Crippen LogP contribution in [-0.4, -0.2) is 20.1 Å². The second-order valence-electron chi connectivity index (χ2n) is 9.23. The zero-order chi connectivity index (χ0) is 23.1. The summed E-state index contributed by atoms with van der Waals surface area (Å²) in [7, 11) is 0. The molecule has 0 amide bonds. The van der Waals surface area contributed by atoms with Crippen LogP contribution < -0.4 is 5.32 Å². The first-order valence-corrected chi connectivity index (χ1v) is 11.2. The molecule has 0 saturated heterocycles. The summed E-state index contributed by atoms with van der Waals surface area (Å²) in [6.07, 6.45) is 1.68. The third-order valence-electron chi connectivity index (χ3n) is 5.68. The maximum absolute atomic E-state index is 12.9. The van der Waals surface area contributed by atoms with Gasteiger partial charge in [0.15, 0.2) is 0 Å². The highest BCUT2D eigenvalue weighted by Crippen LogP contribution is 2.48. The molecular weight excluding hydrogens is 437 g/mol. The predicted octanol–water partition coefficient (Wildman–Crippen LogP) is 6.46. The molecule has 0 bridgehead atoms. The normalized spacial score (nSPS) is 20.8. The van der Waals surface area contributed by atoms with Crippen LogP contribution in [-0.2, 0) is 11.8 Å². The van der Waals surface area contributed by atoms with Crippen molar-refractivity contribution < 1.29 is 18.3 Å². The van der Waals surface area contributed by atoms with Gasteiger partial charge in [-0.05, 0) is 67.3 Å². The molecule has 5 nitrogen and oxygen atoms in total. The summed E-state index contributed by atoms with van der Waals surface area (Å²) in [4.78, 5) is 12.9. The van der Waals surface area contributed by atoms with Gasteiger partial charge in [-0.1, -0.05) is 19.9 Å². The van der Waals surface area contributed by atoms with E-state index in [4.69, 9.17) is 0 Å². The van der Waals surface area contributed by atoms with E-state index in [1.807, 2.05) is 25.1 Å². The van der Waals surface area contributed by atoms with Crippen LogP contribution in [0, 0.1) is 12.3 Å². The van der Waals surface area contributed by atoms with E-state index in [9.17, 15) is 18.3 Å². The van der Waals surface area contributed by atoms with Crippen LogP contribution in [0.25, 0.3) is 10.4 Å². The summed E-state index contributed by atoms with van der Waals surface area (Å²) in [6, 6.07) is 6.45. The molecular formula is C23H25F3N4OS. The Morgan fingerprint density at radius 1 is 1.12 bits per heavy atom. The van der Waals surface area contributed by atoms with Crippen LogP contribution in [0.4, 0.5) is 24.8 Å². The monoisotopic (exact) mass is 462 g/mol. The molecule has 9 heteroatoms. The lowest BCUT2D eigenvalue weighted by atomic mass is 9.70. The number of thiazole rings is 1. The molecule has 170 valence electrons. The van der Waals surface area contributed by atoms with Gasteiger partial charge < -0.3 is 10.4 Å². The number of rotatable bonds is 4. The summed E-state index contributed by atoms with van der Waals surface area (Å²) in [5, 5.41) is 14.8. The van der Waals surface area contributed by atoms with Crippen molar-refractivity contribution in [3.63, 3.8) is 0 Å². The maximum Gasteiger partial charge on any atom is 0.433 e. The van der Waals surface area contributed by atoms with Crippen LogP contribution in [0.5, 0.6) is 0 Å². The van der Waals surface area contributed by atoms with Crippen LogP contribution >= 0.6 is 11.3 Å². The first kappa shape index (κ1) is 22.7. The summed E-state index contributed by atoms with van der Waals surface area (Å²) in [6.45, 7) is 6.24. The van der Waals surface area contributed by atoms with Crippen LogP contribution in [0.15, 0.2) is 36.7 Å². The van der Waals surface area contributed by atoms with Gasteiger partial charge in [0.2, 0.25) is 5.95 Å². The van der Waals surface area contributed by atoms with Gasteiger partial charge in [0, 0.05) is 18.1 Å². The van der Waals surface area contributed by atoms with Crippen molar-refractivity contribution in [2.24, 2.45) is 5.41 Å². The third-order valence-corrected chi connectivity index (χ3v) is 6.92. The molecule has 4 rings (SSSR count). The molecule has 1 aliphatic carbocycles. The fourth-order valence-corrected chi connectivity index (χ4v) is 5.36. The fourth-order valence-electron chi connectivity index (χ4n) is 4.34. The minimum Gasteiger partial charge on any atom is -0.383 e. The van der Waals surface area contributed by atoms with Crippen molar-refractivity contribution in [2.75, 3.05) is 5.32 Å². The van der Waals surface area contributed by atoms with Gasteiger partial charge in [-0.15, -0.1) is 11.3 Å². The van der Waals surface area contributed by atoms with Gasteiger partial charge in [-0.2, -0.15) is 13.2 Å². The third kappa shape index (κ3) is 4.94. The van der Waals surface area contributed by atoms with Gasteiger partial charge in [0.05, 0.1) is 4.88 Å². The van der Waals surface area contributed by atoms with Crippen molar-refractivity contribution in [1.29, 1.82) is 0 Å². The molecule has 1 atom stereocenters. The predicted molar refractivity (Wildman–Crippen MR) is 119 cm³/mol. The van der Waals surface area contributed by atoms with Crippen molar-refractivity contribution in [3.05, 3.63) is 52.9 Å². The van der Waals surface area contributed by atoms with E-state index in [0.29, 0.717) is 23.5 Å². The molecule has 0 radical (unpaired) electrons. The number of anilines is 2. The number of hydrogen-bond acceptors (Lipinski definition) is 6. The molecule has 3 aromatic rings. The zero-order valence-corrected chi connectivity index (χ0v) is 18.9. The van der Waals surface area contributed by atoms with E-state index in [2.05, 4.69) is 34.1 Å². The molecule has 1 aromatic carbocycles. The van der Waals surface area contributed by atoms with Crippen molar-refractivity contribution in [2.45, 2.75) is 58.2 Å². The summed E-state index contributed by atoms with van der Waals surface area (Å²) < 4.78 is 38.8. The SMILES string of the molecule is Cc1cc(Nc2nccc(C(F)(F)F)n2)cc(-c2cnc([C@]3(O)CCCC(C)(C)C3)s2)c1.